The van der Waals surface area contributed by atoms with Gasteiger partial charge >= 0.3 is 0 Å². The van der Waals surface area contributed by atoms with Crippen molar-refractivity contribution in [2.45, 2.75) is 25.3 Å². The number of nitrogens with one attached hydrogen (secondary N) is 1. The number of fused-ring (bicyclic) bond motifs is 1. The quantitative estimate of drug-likeness (QED) is 0.782. The van der Waals surface area contributed by atoms with Crippen LogP contribution in [0.25, 0.3) is 5.57 Å². The normalized spacial score (nSPS) is 28.7. The number of hydrogen-bond acceptors (Lipinski definition) is 2. The molecule has 2 atom stereocenters. The lowest BCUT2D eigenvalue weighted by Crippen LogP contribution is -2.29. The second-order valence-corrected chi connectivity index (χ2v) is 4.67. The molecule has 0 radical (unpaired) electrons. The van der Waals surface area contributed by atoms with Crippen molar-refractivity contribution in [2.24, 2.45) is 5.92 Å². The van der Waals surface area contributed by atoms with E-state index in [1.54, 1.807) is 12.3 Å². The average Bonchev–Trinajstić information content (AvgIpc) is 2.75. The molecule has 84 valence electrons. The van der Waals surface area contributed by atoms with Crippen LogP contribution in [-0.4, -0.2) is 17.6 Å². The zero-order chi connectivity index (χ0) is 11.0. The fourth-order valence-electron chi connectivity index (χ4n) is 2.78. The third-order valence-electron chi connectivity index (χ3n) is 3.67. The highest BCUT2D eigenvalue weighted by Gasteiger charge is 2.29. The van der Waals surface area contributed by atoms with Gasteiger partial charge in [-0.15, -0.1) is 0 Å². The summed E-state index contributed by atoms with van der Waals surface area (Å²) in [6.07, 6.45) is 8.66. The largest absolute Gasteiger partial charge is 0.313 e. The second-order valence-electron chi connectivity index (χ2n) is 4.67. The van der Waals surface area contributed by atoms with Crippen molar-refractivity contribution in [1.82, 2.24) is 10.3 Å². The van der Waals surface area contributed by atoms with Gasteiger partial charge in [0.25, 0.3) is 0 Å². The molecular weight excluding hydrogens is 203 g/mol. The van der Waals surface area contributed by atoms with Crippen molar-refractivity contribution in [2.75, 3.05) is 6.54 Å². The third kappa shape index (κ3) is 1.76. The molecule has 1 aliphatic heterocycles. The number of aromatic nitrogens is 1. The molecule has 1 N–H and O–H groups in total. The first-order chi connectivity index (χ1) is 7.83. The van der Waals surface area contributed by atoms with Crippen LogP contribution in [-0.2, 0) is 0 Å². The number of allylic oxidation sites excluding steroid dienone is 1. The van der Waals surface area contributed by atoms with Gasteiger partial charge in [0, 0.05) is 12.2 Å². The number of nitrogens with zero attached hydrogens (tertiary/aromatic N) is 1. The van der Waals surface area contributed by atoms with E-state index in [9.17, 15) is 4.39 Å². The summed E-state index contributed by atoms with van der Waals surface area (Å²) in [5, 5.41) is 3.52. The molecule has 1 aromatic rings. The zero-order valence-corrected chi connectivity index (χ0v) is 9.12. The Hall–Kier alpha value is -1.22. The van der Waals surface area contributed by atoms with E-state index in [-0.39, 0.29) is 5.82 Å². The van der Waals surface area contributed by atoms with Crippen molar-refractivity contribution >= 4 is 5.57 Å². The SMILES string of the molecule is Fc1cncc(C2=CC[C@@H]3CCN[C@@H]3C2)c1. The minimum absolute atomic E-state index is 0.250. The van der Waals surface area contributed by atoms with Gasteiger partial charge < -0.3 is 5.32 Å². The number of hydrogen-bond donors (Lipinski definition) is 1. The third-order valence-corrected chi connectivity index (χ3v) is 3.67. The molecule has 0 spiro atoms. The van der Waals surface area contributed by atoms with Crippen molar-refractivity contribution < 1.29 is 4.39 Å². The summed E-state index contributed by atoms with van der Waals surface area (Å²) in [4.78, 5) is 3.91. The highest BCUT2D eigenvalue weighted by Crippen LogP contribution is 2.34. The molecule has 0 saturated carbocycles. The monoisotopic (exact) mass is 218 g/mol. The van der Waals surface area contributed by atoms with Crippen LogP contribution in [0.3, 0.4) is 0 Å². The summed E-state index contributed by atoms with van der Waals surface area (Å²) in [7, 11) is 0. The fourth-order valence-corrected chi connectivity index (χ4v) is 2.78. The maximum atomic E-state index is 13.1. The molecular formula is C13H15FN2. The first kappa shape index (κ1) is 9.97. The molecule has 2 aliphatic rings. The highest BCUT2D eigenvalue weighted by molar-refractivity contribution is 5.66. The van der Waals surface area contributed by atoms with Crippen LogP contribution in [0.15, 0.2) is 24.5 Å². The van der Waals surface area contributed by atoms with Crippen molar-refractivity contribution in [1.29, 1.82) is 0 Å². The van der Waals surface area contributed by atoms with E-state index in [1.807, 2.05) is 0 Å². The van der Waals surface area contributed by atoms with Crippen molar-refractivity contribution in [3.8, 4) is 0 Å². The summed E-state index contributed by atoms with van der Waals surface area (Å²) in [5.41, 5.74) is 2.18. The molecule has 0 unspecified atom stereocenters. The summed E-state index contributed by atoms with van der Waals surface area (Å²) < 4.78 is 13.1. The van der Waals surface area contributed by atoms with Gasteiger partial charge in [-0.2, -0.15) is 0 Å². The molecule has 1 saturated heterocycles. The highest BCUT2D eigenvalue weighted by atomic mass is 19.1. The van der Waals surface area contributed by atoms with Crippen LogP contribution in [0.4, 0.5) is 4.39 Å². The minimum Gasteiger partial charge on any atom is -0.313 e. The summed E-state index contributed by atoms with van der Waals surface area (Å²) in [6, 6.07) is 2.16. The molecule has 1 fully saturated rings. The second kappa shape index (κ2) is 3.98. The van der Waals surface area contributed by atoms with E-state index in [0.717, 1.165) is 30.9 Å². The maximum absolute atomic E-state index is 13.1. The summed E-state index contributed by atoms with van der Waals surface area (Å²) >= 11 is 0. The summed E-state index contributed by atoms with van der Waals surface area (Å²) in [6.45, 7) is 1.12. The Labute approximate surface area is 94.6 Å². The maximum Gasteiger partial charge on any atom is 0.142 e. The van der Waals surface area contributed by atoms with E-state index < -0.39 is 0 Å². The Bertz CT molecular complexity index is 428. The summed E-state index contributed by atoms with van der Waals surface area (Å²) in [5.74, 6) is 0.533. The predicted octanol–water partition coefficient (Wildman–Crippen LogP) is 2.38. The van der Waals surface area contributed by atoms with E-state index >= 15 is 0 Å². The Morgan fingerprint density at radius 2 is 2.31 bits per heavy atom. The molecule has 0 amide bonds. The van der Waals surface area contributed by atoms with Gasteiger partial charge in [-0.3, -0.25) is 4.98 Å². The minimum atomic E-state index is -0.250. The Morgan fingerprint density at radius 3 is 3.19 bits per heavy atom. The predicted molar refractivity (Wildman–Crippen MR) is 61.3 cm³/mol. The van der Waals surface area contributed by atoms with E-state index in [1.165, 1.54) is 18.2 Å². The van der Waals surface area contributed by atoms with Gasteiger partial charge in [-0.1, -0.05) is 6.08 Å². The first-order valence-corrected chi connectivity index (χ1v) is 5.86. The lowest BCUT2D eigenvalue weighted by atomic mass is 9.84. The van der Waals surface area contributed by atoms with Gasteiger partial charge in [-0.25, -0.2) is 4.39 Å². The topological polar surface area (TPSA) is 24.9 Å². The fraction of sp³-hybridized carbons (Fsp3) is 0.462. The van der Waals surface area contributed by atoms with Gasteiger partial charge in [0.1, 0.15) is 5.82 Å². The van der Waals surface area contributed by atoms with E-state index in [0.29, 0.717) is 6.04 Å². The smallest absolute Gasteiger partial charge is 0.142 e. The molecule has 2 nitrogen and oxygen atoms in total. The number of rotatable bonds is 1. The van der Waals surface area contributed by atoms with Gasteiger partial charge in [0.2, 0.25) is 0 Å². The molecule has 1 aliphatic carbocycles. The molecule has 0 aromatic carbocycles. The lowest BCUT2D eigenvalue weighted by molar-refractivity contribution is 0.445. The van der Waals surface area contributed by atoms with E-state index in [2.05, 4.69) is 16.4 Å². The van der Waals surface area contributed by atoms with Crippen LogP contribution in [0, 0.1) is 11.7 Å². The molecule has 2 heterocycles. The van der Waals surface area contributed by atoms with Crippen LogP contribution in [0.2, 0.25) is 0 Å². The van der Waals surface area contributed by atoms with E-state index in [4.69, 9.17) is 0 Å². The van der Waals surface area contributed by atoms with Gasteiger partial charge in [0.05, 0.1) is 6.20 Å². The van der Waals surface area contributed by atoms with Crippen molar-refractivity contribution in [3.05, 3.63) is 35.9 Å². The van der Waals surface area contributed by atoms with Crippen LogP contribution in [0.1, 0.15) is 24.8 Å². The Morgan fingerprint density at radius 1 is 1.38 bits per heavy atom. The molecule has 1 aromatic heterocycles. The van der Waals surface area contributed by atoms with Gasteiger partial charge in [-0.05, 0) is 48.9 Å². The van der Waals surface area contributed by atoms with Crippen LogP contribution >= 0.6 is 0 Å². The van der Waals surface area contributed by atoms with Crippen molar-refractivity contribution in [3.63, 3.8) is 0 Å². The molecule has 3 heteroatoms. The standard InChI is InChI=1S/C13H15FN2/c14-12-5-11(7-15-8-12)10-2-1-9-3-4-16-13(9)6-10/h2,5,7-9,13,16H,1,3-4,6H2/t9-,13-/m1/s1. The van der Waals surface area contributed by atoms with Gasteiger partial charge in [0.15, 0.2) is 0 Å². The number of halogens is 1. The zero-order valence-electron chi connectivity index (χ0n) is 9.12. The number of pyridine rings is 1. The Balaban J connectivity index is 1.85. The molecule has 16 heavy (non-hydrogen) atoms. The van der Waals surface area contributed by atoms with Crippen LogP contribution < -0.4 is 5.32 Å². The van der Waals surface area contributed by atoms with Crippen LogP contribution in [0.5, 0.6) is 0 Å². The lowest BCUT2D eigenvalue weighted by Gasteiger charge is -2.25. The first-order valence-electron chi connectivity index (χ1n) is 5.86. The molecule has 3 rings (SSSR count). The molecule has 0 bridgehead atoms. The average molecular weight is 218 g/mol. The Kier molecular flexibility index (Phi) is 2.48.